The van der Waals surface area contributed by atoms with Gasteiger partial charge in [-0.1, -0.05) is 12.1 Å². The minimum atomic E-state index is -1.09. The van der Waals surface area contributed by atoms with Gasteiger partial charge in [0.1, 0.15) is 11.6 Å². The van der Waals surface area contributed by atoms with E-state index in [0.717, 1.165) is 5.56 Å². The lowest BCUT2D eigenvalue weighted by molar-refractivity contribution is -0.139. The van der Waals surface area contributed by atoms with Crippen LogP contribution in [0.2, 0.25) is 0 Å². The summed E-state index contributed by atoms with van der Waals surface area (Å²) in [7, 11) is 0. The number of hydrogen-bond donors (Lipinski definition) is 1. The van der Waals surface area contributed by atoms with Gasteiger partial charge < -0.3 is 14.7 Å². The molecule has 0 unspecified atom stereocenters. The van der Waals surface area contributed by atoms with Crippen LogP contribution in [0.25, 0.3) is 0 Å². The van der Waals surface area contributed by atoms with Crippen LogP contribution in [0.15, 0.2) is 45.3 Å². The molecule has 2 atom stereocenters. The highest BCUT2D eigenvalue weighted by Gasteiger charge is 2.32. The lowest BCUT2D eigenvalue weighted by Crippen LogP contribution is -2.58. The summed E-state index contributed by atoms with van der Waals surface area (Å²) in [5.74, 6) is -1.23. The molecule has 1 amide bonds. The van der Waals surface area contributed by atoms with Crippen LogP contribution < -0.4 is 4.74 Å². The molecule has 1 N–H and O–H groups in total. The molecule has 0 bridgehead atoms. The zero-order valence-electron chi connectivity index (χ0n) is 17.1. The molecule has 6 nitrogen and oxygen atoms in total. The number of nitrogens with zero attached hydrogens (tertiary/aromatic N) is 2. The zero-order chi connectivity index (χ0) is 22.7. The van der Waals surface area contributed by atoms with Gasteiger partial charge in [0.2, 0.25) is 0 Å². The number of rotatable bonds is 6. The average Bonchev–Trinajstić information content (AvgIpc) is 2.71. The molecule has 0 radical (unpaired) electrons. The molecule has 1 saturated heterocycles. The maximum Gasteiger partial charge on any atom is 0.336 e. The highest BCUT2D eigenvalue weighted by Crippen LogP contribution is 2.36. The molecule has 2 aromatic rings. The number of aromatic carboxylic acids is 1. The van der Waals surface area contributed by atoms with E-state index in [2.05, 4.69) is 43.7 Å². The van der Waals surface area contributed by atoms with Crippen LogP contribution in [0.3, 0.4) is 0 Å². The fourth-order valence-electron chi connectivity index (χ4n) is 3.64. The first-order chi connectivity index (χ1) is 14.7. The van der Waals surface area contributed by atoms with Crippen molar-refractivity contribution in [1.82, 2.24) is 9.80 Å². The number of benzene rings is 2. The van der Waals surface area contributed by atoms with Crippen LogP contribution in [-0.2, 0) is 11.3 Å². The highest BCUT2D eigenvalue weighted by atomic mass is 79.9. The molecule has 1 fully saturated rings. The van der Waals surface area contributed by atoms with Crippen LogP contribution in [0.1, 0.15) is 29.8 Å². The number of ether oxygens (including phenoxy) is 1. The summed E-state index contributed by atoms with van der Waals surface area (Å²) in [6.45, 7) is 5.76. The Bertz CT molecular complexity index is 971. The molecule has 2 aromatic carbocycles. The molecular weight excluding hydrogens is 535 g/mol. The highest BCUT2D eigenvalue weighted by molar-refractivity contribution is 9.11. The van der Waals surface area contributed by atoms with Crippen LogP contribution in [0.4, 0.5) is 4.39 Å². The third-order valence-corrected chi connectivity index (χ3v) is 6.77. The minimum absolute atomic E-state index is 0.0232. The van der Waals surface area contributed by atoms with Gasteiger partial charge in [0.15, 0.2) is 6.61 Å². The van der Waals surface area contributed by atoms with Crippen molar-refractivity contribution in [3.8, 4) is 5.75 Å². The monoisotopic (exact) mass is 556 g/mol. The smallest absolute Gasteiger partial charge is 0.336 e. The van der Waals surface area contributed by atoms with Gasteiger partial charge in [-0.05, 0) is 75.5 Å². The number of carboxylic acid groups (broad SMARTS) is 1. The summed E-state index contributed by atoms with van der Waals surface area (Å²) in [5, 5.41) is 9.27. The Morgan fingerprint density at radius 3 is 2.42 bits per heavy atom. The molecule has 1 heterocycles. The molecule has 31 heavy (non-hydrogen) atoms. The van der Waals surface area contributed by atoms with E-state index in [1.54, 1.807) is 23.1 Å². The number of piperazine rings is 1. The van der Waals surface area contributed by atoms with Crippen molar-refractivity contribution < 1.29 is 23.8 Å². The molecule has 1 aliphatic rings. The van der Waals surface area contributed by atoms with Crippen molar-refractivity contribution in [2.75, 3.05) is 19.7 Å². The zero-order valence-corrected chi connectivity index (χ0v) is 20.3. The van der Waals surface area contributed by atoms with E-state index < -0.39 is 5.97 Å². The standard InChI is InChI=1S/C22H23Br2FN2O4/c1-13-10-27(14(2)9-26(13)11-15-3-5-16(25)6-4-15)19(28)12-31-21-18(23)8-7-17(20(21)24)22(29)30/h3-8,13-14H,9-12H2,1-2H3,(H,29,30)/t13-,14+/m1/s1. The van der Waals surface area contributed by atoms with E-state index in [1.807, 2.05) is 6.92 Å². The fourth-order valence-corrected chi connectivity index (χ4v) is 4.98. The van der Waals surface area contributed by atoms with Crippen LogP contribution in [0, 0.1) is 5.82 Å². The predicted octanol–water partition coefficient (Wildman–Crippen LogP) is 4.55. The quantitative estimate of drug-likeness (QED) is 0.564. The molecule has 166 valence electrons. The van der Waals surface area contributed by atoms with E-state index >= 15 is 0 Å². The molecule has 1 aliphatic heterocycles. The fraction of sp³-hybridized carbons (Fsp3) is 0.364. The topological polar surface area (TPSA) is 70.1 Å². The van der Waals surface area contributed by atoms with Crippen molar-refractivity contribution in [1.29, 1.82) is 0 Å². The second kappa shape index (κ2) is 10.1. The Morgan fingerprint density at radius 2 is 1.77 bits per heavy atom. The third-order valence-electron chi connectivity index (χ3n) is 5.35. The van der Waals surface area contributed by atoms with Gasteiger partial charge in [0.25, 0.3) is 5.91 Å². The summed E-state index contributed by atoms with van der Waals surface area (Å²) in [5.41, 5.74) is 1.08. The van der Waals surface area contributed by atoms with Crippen LogP contribution in [-0.4, -0.2) is 58.6 Å². The second-order valence-corrected chi connectivity index (χ2v) is 9.28. The number of carbonyl (C=O) groups excluding carboxylic acids is 1. The molecule has 0 aliphatic carbocycles. The molecule has 9 heteroatoms. The normalized spacial score (nSPS) is 19.3. The maximum absolute atomic E-state index is 13.1. The summed E-state index contributed by atoms with van der Waals surface area (Å²) < 4.78 is 19.7. The molecule has 3 rings (SSSR count). The van der Waals surface area contributed by atoms with Crippen molar-refractivity contribution in [3.63, 3.8) is 0 Å². The van der Waals surface area contributed by atoms with Gasteiger partial charge in [0, 0.05) is 31.7 Å². The van der Waals surface area contributed by atoms with E-state index in [0.29, 0.717) is 24.1 Å². The van der Waals surface area contributed by atoms with Gasteiger partial charge in [-0.2, -0.15) is 0 Å². The minimum Gasteiger partial charge on any atom is -0.481 e. The van der Waals surface area contributed by atoms with E-state index in [9.17, 15) is 19.1 Å². The number of carboxylic acids is 1. The van der Waals surface area contributed by atoms with Crippen LogP contribution in [0.5, 0.6) is 5.75 Å². The van der Waals surface area contributed by atoms with Gasteiger partial charge in [-0.25, -0.2) is 9.18 Å². The van der Waals surface area contributed by atoms with Gasteiger partial charge in [-0.3, -0.25) is 9.69 Å². The molecular formula is C22H23Br2FN2O4. The van der Waals surface area contributed by atoms with E-state index in [-0.39, 0.29) is 46.2 Å². The van der Waals surface area contributed by atoms with Gasteiger partial charge in [-0.15, -0.1) is 0 Å². The summed E-state index contributed by atoms with van der Waals surface area (Å²) in [6.07, 6.45) is 0. The average molecular weight is 558 g/mol. The third kappa shape index (κ3) is 5.64. The Labute approximate surface area is 197 Å². The van der Waals surface area contributed by atoms with Gasteiger partial charge >= 0.3 is 5.97 Å². The number of amides is 1. The van der Waals surface area contributed by atoms with Gasteiger partial charge in [0.05, 0.1) is 14.5 Å². The predicted molar refractivity (Wildman–Crippen MR) is 122 cm³/mol. The summed E-state index contributed by atoms with van der Waals surface area (Å²) in [6, 6.07) is 9.59. The first-order valence-electron chi connectivity index (χ1n) is 9.79. The second-order valence-electron chi connectivity index (χ2n) is 7.63. The number of carbonyl (C=O) groups is 2. The largest absolute Gasteiger partial charge is 0.481 e. The van der Waals surface area contributed by atoms with E-state index in [1.165, 1.54) is 18.2 Å². The van der Waals surface area contributed by atoms with Crippen molar-refractivity contribution in [3.05, 3.63) is 62.3 Å². The summed E-state index contributed by atoms with van der Waals surface area (Å²) in [4.78, 5) is 28.3. The lowest BCUT2D eigenvalue weighted by atomic mass is 10.1. The first-order valence-corrected chi connectivity index (χ1v) is 11.4. The number of halogens is 3. The first kappa shape index (κ1) is 23.7. The van der Waals surface area contributed by atoms with E-state index in [4.69, 9.17) is 4.74 Å². The Kier molecular flexibility index (Phi) is 7.72. The van der Waals surface area contributed by atoms with Crippen molar-refractivity contribution in [2.24, 2.45) is 0 Å². The molecule has 0 aromatic heterocycles. The lowest BCUT2D eigenvalue weighted by Gasteiger charge is -2.44. The molecule has 0 saturated carbocycles. The SMILES string of the molecule is C[C@@H]1CN(C(=O)COc2c(Br)ccc(C(=O)O)c2Br)[C@@H](C)CN1Cc1ccc(F)cc1. The maximum atomic E-state index is 13.1. The van der Waals surface area contributed by atoms with Crippen molar-refractivity contribution >= 4 is 43.7 Å². The Hall–Kier alpha value is -1.97. The van der Waals surface area contributed by atoms with Crippen LogP contribution >= 0.6 is 31.9 Å². The number of hydrogen-bond acceptors (Lipinski definition) is 4. The Morgan fingerprint density at radius 1 is 1.10 bits per heavy atom. The summed E-state index contributed by atoms with van der Waals surface area (Å²) >= 11 is 6.59. The molecule has 0 spiro atoms. The Balaban J connectivity index is 1.62. The van der Waals surface area contributed by atoms with Crippen molar-refractivity contribution in [2.45, 2.75) is 32.5 Å².